The minimum Gasteiger partial charge on any atom is -0.335 e. The van der Waals surface area contributed by atoms with Gasteiger partial charge < -0.3 is 9.88 Å². The molecule has 2 aliphatic rings. The first-order chi connectivity index (χ1) is 13.9. The van der Waals surface area contributed by atoms with Gasteiger partial charge in [-0.1, -0.05) is 26.7 Å². The molecule has 1 saturated carbocycles. The molecule has 3 heterocycles. The van der Waals surface area contributed by atoms with Crippen LogP contribution in [-0.2, 0) is 17.6 Å². The Morgan fingerprint density at radius 2 is 2.07 bits per heavy atom. The summed E-state index contributed by atoms with van der Waals surface area (Å²) in [7, 11) is 1.84. The van der Waals surface area contributed by atoms with E-state index in [2.05, 4.69) is 39.0 Å². The minimum absolute atomic E-state index is 0.146. The van der Waals surface area contributed by atoms with Gasteiger partial charge in [-0.05, 0) is 43.6 Å². The second kappa shape index (κ2) is 6.68. The van der Waals surface area contributed by atoms with Gasteiger partial charge in [0.25, 0.3) is 0 Å². The number of hydrogen-bond acceptors (Lipinski definition) is 4. The average molecular weight is 393 g/mol. The standard InChI is InChI=1S/C22H28N6O/c1-22(2)9-8-15-17(11-22)26-27-18(15)20-24-16-10-14(12-23-19(16)25-20)28(3)21(29)13-6-4-5-7-13/h10,12-13H,4-9,11H2,1-3H3,(H,26,27)(H,23,24,25). The first kappa shape index (κ1) is 18.3. The van der Waals surface area contributed by atoms with E-state index in [1.54, 1.807) is 11.1 Å². The van der Waals surface area contributed by atoms with Crippen LogP contribution in [-0.4, -0.2) is 38.1 Å². The van der Waals surface area contributed by atoms with E-state index in [-0.39, 0.29) is 11.8 Å². The lowest BCUT2D eigenvalue weighted by Crippen LogP contribution is -2.31. The van der Waals surface area contributed by atoms with Gasteiger partial charge in [-0.15, -0.1) is 0 Å². The maximum Gasteiger partial charge on any atom is 0.229 e. The van der Waals surface area contributed by atoms with Gasteiger partial charge in [-0.2, -0.15) is 5.10 Å². The Morgan fingerprint density at radius 3 is 2.86 bits per heavy atom. The zero-order valence-corrected chi connectivity index (χ0v) is 17.4. The predicted octanol–water partition coefficient (Wildman–Crippen LogP) is 4.02. The van der Waals surface area contributed by atoms with E-state index in [0.717, 1.165) is 67.7 Å². The fourth-order valence-electron chi connectivity index (χ4n) is 4.80. The maximum atomic E-state index is 12.7. The summed E-state index contributed by atoms with van der Waals surface area (Å²) in [5.74, 6) is 1.08. The Balaban J connectivity index is 1.45. The molecule has 5 rings (SSSR count). The van der Waals surface area contributed by atoms with E-state index in [1.165, 1.54) is 11.3 Å². The first-order valence-corrected chi connectivity index (χ1v) is 10.6. The summed E-state index contributed by atoms with van der Waals surface area (Å²) in [4.78, 5) is 27.0. The van der Waals surface area contributed by atoms with Crippen LogP contribution in [0.2, 0.25) is 0 Å². The number of aromatic nitrogens is 5. The Morgan fingerprint density at radius 1 is 1.28 bits per heavy atom. The SMILES string of the molecule is CN(C(=O)C1CCCC1)c1cnc2nc(-c3n[nH]c4c3CCC(C)(C)C4)[nH]c2c1. The van der Waals surface area contributed by atoms with Crippen molar-refractivity contribution in [3.63, 3.8) is 0 Å². The van der Waals surface area contributed by atoms with Crippen molar-refractivity contribution in [2.24, 2.45) is 11.3 Å². The van der Waals surface area contributed by atoms with Crippen LogP contribution in [0.4, 0.5) is 5.69 Å². The zero-order chi connectivity index (χ0) is 20.2. The Hall–Kier alpha value is -2.70. The van der Waals surface area contributed by atoms with Gasteiger partial charge in [0.1, 0.15) is 5.69 Å². The second-order valence-corrected chi connectivity index (χ2v) is 9.40. The third-order valence-electron chi connectivity index (χ3n) is 6.63. The fraction of sp³-hybridized carbons (Fsp3) is 0.545. The molecular weight excluding hydrogens is 364 g/mol. The van der Waals surface area contributed by atoms with E-state index in [1.807, 2.05) is 13.1 Å². The van der Waals surface area contributed by atoms with Crippen LogP contribution in [0.5, 0.6) is 0 Å². The van der Waals surface area contributed by atoms with Gasteiger partial charge in [0.15, 0.2) is 11.5 Å². The highest BCUT2D eigenvalue weighted by molar-refractivity contribution is 5.96. The van der Waals surface area contributed by atoms with Crippen molar-refractivity contribution in [2.75, 3.05) is 11.9 Å². The third-order valence-corrected chi connectivity index (χ3v) is 6.63. The molecule has 0 spiro atoms. The predicted molar refractivity (Wildman–Crippen MR) is 113 cm³/mol. The van der Waals surface area contributed by atoms with Gasteiger partial charge >= 0.3 is 0 Å². The Kier molecular flexibility index (Phi) is 4.22. The number of carbonyl (C=O) groups is 1. The molecule has 0 atom stereocenters. The molecule has 0 aliphatic heterocycles. The molecular formula is C22H28N6O. The molecule has 3 aromatic rings. The molecule has 0 aromatic carbocycles. The molecule has 2 N–H and O–H groups in total. The van der Waals surface area contributed by atoms with Crippen LogP contribution in [0, 0.1) is 11.3 Å². The van der Waals surface area contributed by atoms with Crippen LogP contribution >= 0.6 is 0 Å². The number of pyridine rings is 1. The van der Waals surface area contributed by atoms with Gasteiger partial charge in [0.05, 0.1) is 17.4 Å². The van der Waals surface area contributed by atoms with Crippen molar-refractivity contribution in [2.45, 2.75) is 58.8 Å². The highest BCUT2D eigenvalue weighted by atomic mass is 16.2. The molecule has 7 nitrogen and oxygen atoms in total. The molecule has 1 amide bonds. The number of aromatic amines is 2. The molecule has 29 heavy (non-hydrogen) atoms. The molecule has 7 heteroatoms. The monoisotopic (exact) mass is 392 g/mol. The number of amides is 1. The number of carbonyl (C=O) groups excluding carboxylic acids is 1. The van der Waals surface area contributed by atoms with Crippen molar-refractivity contribution in [3.8, 4) is 11.5 Å². The van der Waals surface area contributed by atoms with Crippen molar-refractivity contribution >= 4 is 22.8 Å². The van der Waals surface area contributed by atoms with Crippen LogP contribution in [0.1, 0.15) is 57.2 Å². The summed E-state index contributed by atoms with van der Waals surface area (Å²) in [6.07, 6.45) is 9.18. The molecule has 3 aromatic heterocycles. The number of fused-ring (bicyclic) bond motifs is 2. The molecule has 0 saturated heterocycles. The smallest absolute Gasteiger partial charge is 0.229 e. The molecule has 2 aliphatic carbocycles. The molecule has 0 bridgehead atoms. The molecule has 0 unspecified atom stereocenters. The number of anilines is 1. The largest absolute Gasteiger partial charge is 0.335 e. The van der Waals surface area contributed by atoms with Crippen molar-refractivity contribution in [3.05, 3.63) is 23.5 Å². The lowest BCUT2D eigenvalue weighted by molar-refractivity contribution is -0.121. The number of hydrogen-bond donors (Lipinski definition) is 2. The average Bonchev–Trinajstić information content (AvgIpc) is 3.43. The summed E-state index contributed by atoms with van der Waals surface area (Å²) < 4.78 is 0. The molecule has 0 radical (unpaired) electrons. The Labute approximate surface area is 170 Å². The van der Waals surface area contributed by atoms with Gasteiger partial charge in [0, 0.05) is 24.2 Å². The van der Waals surface area contributed by atoms with E-state index in [0.29, 0.717) is 11.1 Å². The van der Waals surface area contributed by atoms with E-state index in [4.69, 9.17) is 0 Å². The van der Waals surface area contributed by atoms with Crippen LogP contribution in [0.15, 0.2) is 12.3 Å². The summed E-state index contributed by atoms with van der Waals surface area (Å²) >= 11 is 0. The van der Waals surface area contributed by atoms with Crippen molar-refractivity contribution < 1.29 is 4.79 Å². The zero-order valence-electron chi connectivity index (χ0n) is 17.4. The van der Waals surface area contributed by atoms with Crippen molar-refractivity contribution in [1.29, 1.82) is 0 Å². The number of H-pyrrole nitrogens is 2. The summed E-state index contributed by atoms with van der Waals surface area (Å²) in [6.45, 7) is 4.60. The van der Waals surface area contributed by atoms with Gasteiger partial charge in [-0.3, -0.25) is 9.89 Å². The fourth-order valence-corrected chi connectivity index (χ4v) is 4.80. The molecule has 1 fully saturated rings. The summed E-state index contributed by atoms with van der Waals surface area (Å²) in [5.41, 5.74) is 5.96. The number of imidazole rings is 1. The quantitative estimate of drug-likeness (QED) is 0.704. The number of nitrogens with zero attached hydrogens (tertiary/aromatic N) is 4. The van der Waals surface area contributed by atoms with E-state index >= 15 is 0 Å². The van der Waals surface area contributed by atoms with Crippen LogP contribution in [0.3, 0.4) is 0 Å². The minimum atomic E-state index is 0.146. The second-order valence-electron chi connectivity index (χ2n) is 9.40. The number of rotatable bonds is 3. The normalized spacial score (nSPS) is 18.9. The third kappa shape index (κ3) is 3.22. The van der Waals surface area contributed by atoms with Crippen LogP contribution < -0.4 is 4.90 Å². The van der Waals surface area contributed by atoms with Gasteiger partial charge in [0.2, 0.25) is 5.91 Å². The van der Waals surface area contributed by atoms with Crippen LogP contribution in [0.25, 0.3) is 22.7 Å². The number of nitrogens with one attached hydrogen (secondary N) is 2. The summed E-state index contributed by atoms with van der Waals surface area (Å²) in [5, 5.41) is 7.77. The summed E-state index contributed by atoms with van der Waals surface area (Å²) in [6, 6.07) is 1.97. The highest BCUT2D eigenvalue weighted by Crippen LogP contribution is 2.37. The van der Waals surface area contributed by atoms with Gasteiger partial charge in [-0.25, -0.2) is 9.97 Å². The lowest BCUT2D eigenvalue weighted by Gasteiger charge is -2.28. The topological polar surface area (TPSA) is 90.6 Å². The van der Waals surface area contributed by atoms with E-state index < -0.39 is 0 Å². The van der Waals surface area contributed by atoms with E-state index in [9.17, 15) is 4.79 Å². The van der Waals surface area contributed by atoms with Crippen molar-refractivity contribution in [1.82, 2.24) is 25.1 Å². The maximum absolute atomic E-state index is 12.7. The highest BCUT2D eigenvalue weighted by Gasteiger charge is 2.30. The molecule has 152 valence electrons. The lowest BCUT2D eigenvalue weighted by atomic mass is 9.76. The Bertz CT molecular complexity index is 1070. The first-order valence-electron chi connectivity index (χ1n) is 10.6.